The van der Waals surface area contributed by atoms with Crippen LogP contribution in [0.5, 0.6) is 0 Å². The molecule has 4 nitrogen and oxygen atoms in total. The van der Waals surface area contributed by atoms with Gasteiger partial charge < -0.3 is 19.3 Å². The van der Waals surface area contributed by atoms with E-state index in [2.05, 4.69) is 44.4 Å². The summed E-state index contributed by atoms with van der Waals surface area (Å²) in [6.07, 6.45) is 11.9. The van der Waals surface area contributed by atoms with Crippen LogP contribution < -0.4 is 0 Å². The number of nitrogens with zero attached hydrogens (tertiary/aromatic N) is 2. The lowest BCUT2D eigenvalue weighted by atomic mass is 9.57. The molecule has 2 aliphatic heterocycles. The van der Waals surface area contributed by atoms with Gasteiger partial charge in [0.15, 0.2) is 0 Å². The van der Waals surface area contributed by atoms with Gasteiger partial charge in [-0.05, 0) is 110 Å². The van der Waals surface area contributed by atoms with Crippen molar-refractivity contribution in [1.29, 1.82) is 0 Å². The van der Waals surface area contributed by atoms with Crippen LogP contribution in [0, 0.1) is 11.3 Å². The van der Waals surface area contributed by atoms with E-state index in [0.717, 1.165) is 24.8 Å². The highest BCUT2D eigenvalue weighted by Gasteiger charge is 2.46. The summed E-state index contributed by atoms with van der Waals surface area (Å²) >= 11 is 0. The van der Waals surface area contributed by atoms with Crippen molar-refractivity contribution in [2.45, 2.75) is 116 Å². The number of rotatable bonds is 6. The minimum Gasteiger partial charge on any atom is -0.375 e. The van der Waals surface area contributed by atoms with Gasteiger partial charge >= 0.3 is 0 Å². The molecule has 4 aliphatic rings. The van der Waals surface area contributed by atoms with Crippen molar-refractivity contribution in [3.63, 3.8) is 0 Å². The molecule has 0 aromatic rings. The van der Waals surface area contributed by atoms with E-state index in [9.17, 15) is 0 Å². The Balaban J connectivity index is 1.08. The average Bonchev–Trinajstić information content (AvgIpc) is 2.59. The number of hydrogen-bond acceptors (Lipinski definition) is 4. The largest absolute Gasteiger partial charge is 0.375 e. The summed E-state index contributed by atoms with van der Waals surface area (Å²) in [6, 6.07) is 0.726. The Morgan fingerprint density at radius 1 is 0.897 bits per heavy atom. The molecule has 2 heterocycles. The highest BCUT2D eigenvalue weighted by Crippen LogP contribution is 2.53. The van der Waals surface area contributed by atoms with Crippen LogP contribution in [0.1, 0.15) is 86.0 Å². The molecule has 0 amide bonds. The van der Waals surface area contributed by atoms with E-state index in [0.29, 0.717) is 23.7 Å². The van der Waals surface area contributed by atoms with Gasteiger partial charge in [-0.25, -0.2) is 0 Å². The Morgan fingerprint density at radius 3 is 2.07 bits per heavy atom. The van der Waals surface area contributed by atoms with E-state index in [1.165, 1.54) is 71.2 Å². The molecule has 0 bridgehead atoms. The van der Waals surface area contributed by atoms with Crippen LogP contribution in [0.25, 0.3) is 0 Å². The van der Waals surface area contributed by atoms with Crippen molar-refractivity contribution in [2.24, 2.45) is 11.3 Å². The molecule has 1 spiro atoms. The van der Waals surface area contributed by atoms with Gasteiger partial charge in [0.2, 0.25) is 0 Å². The quantitative estimate of drug-likeness (QED) is 0.637. The van der Waals surface area contributed by atoms with Gasteiger partial charge in [0, 0.05) is 25.7 Å². The predicted octanol–water partition coefficient (Wildman–Crippen LogP) is 4.71. The van der Waals surface area contributed by atoms with Crippen LogP contribution in [-0.4, -0.2) is 72.5 Å². The monoisotopic (exact) mass is 406 g/mol. The molecule has 0 aromatic heterocycles. The van der Waals surface area contributed by atoms with E-state index < -0.39 is 0 Å². The van der Waals surface area contributed by atoms with E-state index >= 15 is 0 Å². The third-order valence-corrected chi connectivity index (χ3v) is 8.04. The van der Waals surface area contributed by atoms with Gasteiger partial charge in [-0.2, -0.15) is 0 Å². The van der Waals surface area contributed by atoms with Gasteiger partial charge in [0.1, 0.15) is 0 Å². The Morgan fingerprint density at radius 2 is 1.52 bits per heavy atom. The van der Waals surface area contributed by atoms with Crippen LogP contribution in [0.3, 0.4) is 0 Å². The zero-order valence-electron chi connectivity index (χ0n) is 19.8. The highest BCUT2D eigenvalue weighted by atomic mass is 16.5. The van der Waals surface area contributed by atoms with Crippen LogP contribution >= 0.6 is 0 Å². The molecule has 0 N–H and O–H groups in total. The van der Waals surface area contributed by atoms with E-state index in [4.69, 9.17) is 9.47 Å². The van der Waals surface area contributed by atoms with Crippen LogP contribution in [0.15, 0.2) is 0 Å². The first-order valence-corrected chi connectivity index (χ1v) is 12.5. The Kier molecular flexibility index (Phi) is 6.66. The first-order valence-electron chi connectivity index (χ1n) is 12.5. The summed E-state index contributed by atoms with van der Waals surface area (Å²) in [6.45, 7) is 17.6. The molecule has 29 heavy (non-hydrogen) atoms. The standard InChI is InChI=1S/C25H46N2O2/c1-19(2)27-12-8-25(9-13-27)16-20(17-25)18-26-10-6-21(7-11-26)28-22-14-23(15-22)29-24(3,4)5/h19-23H,6-18H2,1-5H3. The second-order valence-corrected chi connectivity index (χ2v) is 12.0. The van der Waals surface area contributed by atoms with Gasteiger partial charge in [-0.1, -0.05) is 0 Å². The third-order valence-electron chi connectivity index (χ3n) is 8.04. The molecule has 2 saturated heterocycles. The van der Waals surface area contributed by atoms with Crippen LogP contribution in [-0.2, 0) is 9.47 Å². The fourth-order valence-corrected chi connectivity index (χ4v) is 6.31. The minimum absolute atomic E-state index is 0.0213. The molecule has 2 saturated carbocycles. The second-order valence-electron chi connectivity index (χ2n) is 12.0. The summed E-state index contributed by atoms with van der Waals surface area (Å²) in [5.74, 6) is 0.958. The van der Waals surface area contributed by atoms with Crippen LogP contribution in [0.4, 0.5) is 0 Å². The molecule has 4 rings (SSSR count). The average molecular weight is 407 g/mol. The third kappa shape index (κ3) is 5.75. The molecule has 4 heteroatoms. The Labute approximate surface area is 179 Å². The topological polar surface area (TPSA) is 24.9 Å². The number of hydrogen-bond donors (Lipinski definition) is 0. The fourth-order valence-electron chi connectivity index (χ4n) is 6.31. The van der Waals surface area contributed by atoms with Crippen molar-refractivity contribution < 1.29 is 9.47 Å². The molecule has 0 radical (unpaired) electrons. The molecule has 0 aromatic carbocycles. The Hall–Kier alpha value is -0.160. The molecule has 4 fully saturated rings. The summed E-state index contributed by atoms with van der Waals surface area (Å²) < 4.78 is 12.4. The second kappa shape index (κ2) is 8.76. The van der Waals surface area contributed by atoms with E-state index in [1.54, 1.807) is 0 Å². The van der Waals surface area contributed by atoms with E-state index in [1.807, 2.05) is 0 Å². The summed E-state index contributed by atoms with van der Waals surface area (Å²) in [7, 11) is 0. The molecule has 0 atom stereocenters. The summed E-state index contributed by atoms with van der Waals surface area (Å²) in [4.78, 5) is 5.40. The lowest BCUT2D eigenvalue weighted by Gasteiger charge is -2.54. The van der Waals surface area contributed by atoms with Crippen molar-refractivity contribution in [1.82, 2.24) is 9.80 Å². The summed E-state index contributed by atoms with van der Waals surface area (Å²) in [5, 5.41) is 0. The Bertz CT molecular complexity index is 513. The minimum atomic E-state index is -0.0213. The smallest absolute Gasteiger partial charge is 0.0631 e. The lowest BCUT2D eigenvalue weighted by molar-refractivity contribution is -0.168. The zero-order valence-corrected chi connectivity index (χ0v) is 19.8. The highest BCUT2D eigenvalue weighted by molar-refractivity contribution is 4.98. The predicted molar refractivity (Wildman–Crippen MR) is 119 cm³/mol. The molecule has 168 valence electrons. The first-order chi connectivity index (χ1) is 13.7. The zero-order chi connectivity index (χ0) is 20.6. The maximum absolute atomic E-state index is 6.37. The fraction of sp³-hybridized carbons (Fsp3) is 1.00. The van der Waals surface area contributed by atoms with Gasteiger partial charge in [0.25, 0.3) is 0 Å². The van der Waals surface area contributed by atoms with Gasteiger partial charge in [0.05, 0.1) is 23.9 Å². The molecular formula is C25H46N2O2. The number of ether oxygens (including phenoxy) is 2. The van der Waals surface area contributed by atoms with Crippen molar-refractivity contribution >= 4 is 0 Å². The first kappa shape index (κ1) is 22.0. The number of likely N-dealkylation sites (tertiary alicyclic amines) is 2. The normalized spacial score (nSPS) is 32.5. The van der Waals surface area contributed by atoms with Crippen LogP contribution in [0.2, 0.25) is 0 Å². The van der Waals surface area contributed by atoms with Gasteiger partial charge in [-0.15, -0.1) is 0 Å². The number of piperidine rings is 2. The maximum atomic E-state index is 6.37. The van der Waals surface area contributed by atoms with Crippen molar-refractivity contribution in [2.75, 3.05) is 32.7 Å². The SMILES string of the molecule is CC(C)N1CCC2(CC1)CC(CN1CCC(OC3CC(OC(C)(C)C)C3)CC1)C2. The van der Waals surface area contributed by atoms with Crippen molar-refractivity contribution in [3.05, 3.63) is 0 Å². The molecule has 2 aliphatic carbocycles. The van der Waals surface area contributed by atoms with Gasteiger partial charge in [-0.3, -0.25) is 0 Å². The van der Waals surface area contributed by atoms with E-state index in [-0.39, 0.29) is 5.60 Å². The maximum Gasteiger partial charge on any atom is 0.0631 e. The molecular weight excluding hydrogens is 360 g/mol. The lowest BCUT2D eigenvalue weighted by Crippen LogP contribution is -2.52. The van der Waals surface area contributed by atoms with Crippen molar-refractivity contribution in [3.8, 4) is 0 Å². The summed E-state index contributed by atoms with van der Waals surface area (Å²) in [5.41, 5.74) is 0.694. The molecule has 0 unspecified atom stereocenters.